The Bertz CT molecular complexity index is 451. The van der Waals surface area contributed by atoms with Crippen LogP contribution in [0.2, 0.25) is 0 Å². The van der Waals surface area contributed by atoms with Gasteiger partial charge in [-0.1, -0.05) is 0 Å². The van der Waals surface area contributed by atoms with Crippen molar-refractivity contribution in [2.75, 3.05) is 31.4 Å². The summed E-state index contributed by atoms with van der Waals surface area (Å²) in [5.41, 5.74) is 0.741. The second-order valence-corrected chi connectivity index (χ2v) is 5.91. The molecule has 0 saturated heterocycles. The molecular weight excluding hydrogens is 242 g/mol. The van der Waals surface area contributed by atoms with Crippen LogP contribution in [0.15, 0.2) is 29.2 Å². The molecule has 5 nitrogen and oxygen atoms in total. The van der Waals surface area contributed by atoms with E-state index >= 15 is 0 Å². The van der Waals surface area contributed by atoms with Crippen LogP contribution in [-0.2, 0) is 9.84 Å². The van der Waals surface area contributed by atoms with Gasteiger partial charge in [-0.25, -0.2) is 8.42 Å². The van der Waals surface area contributed by atoms with Crippen molar-refractivity contribution in [2.24, 2.45) is 0 Å². The van der Waals surface area contributed by atoms with E-state index in [1.807, 2.05) is 0 Å². The van der Waals surface area contributed by atoms with Gasteiger partial charge in [-0.3, -0.25) is 0 Å². The van der Waals surface area contributed by atoms with E-state index in [0.29, 0.717) is 0 Å². The maximum Gasteiger partial charge on any atom is 0.175 e. The molecule has 0 radical (unpaired) electrons. The normalized spacial score (nSPS) is 11.8. The fourth-order valence-corrected chi connectivity index (χ4v) is 2.07. The van der Waals surface area contributed by atoms with Gasteiger partial charge >= 0.3 is 0 Å². The molecule has 0 saturated carbocycles. The van der Waals surface area contributed by atoms with Gasteiger partial charge in [0.15, 0.2) is 9.84 Å². The minimum Gasteiger partial charge on any atom is -0.394 e. The monoisotopic (exact) mass is 259 g/mol. The lowest BCUT2D eigenvalue weighted by Gasteiger charge is -2.27. The Morgan fingerprint density at radius 3 is 2.00 bits per heavy atom. The second-order valence-electron chi connectivity index (χ2n) is 3.90. The average Bonchev–Trinajstić information content (AvgIpc) is 2.29. The van der Waals surface area contributed by atoms with Crippen molar-refractivity contribution in [3.8, 4) is 0 Å². The molecule has 0 aliphatic heterocycles. The Morgan fingerprint density at radius 1 is 1.18 bits per heavy atom. The van der Waals surface area contributed by atoms with Crippen molar-refractivity contribution in [2.45, 2.75) is 10.9 Å². The van der Waals surface area contributed by atoms with E-state index in [0.717, 1.165) is 11.9 Å². The molecule has 2 N–H and O–H groups in total. The molecular formula is C11H17NO4S. The first-order valence-electron chi connectivity index (χ1n) is 5.15. The van der Waals surface area contributed by atoms with Crippen molar-refractivity contribution in [3.63, 3.8) is 0 Å². The van der Waals surface area contributed by atoms with Crippen molar-refractivity contribution < 1.29 is 18.6 Å². The highest BCUT2D eigenvalue weighted by molar-refractivity contribution is 7.90. The van der Waals surface area contributed by atoms with Gasteiger partial charge in [0.1, 0.15) is 0 Å². The predicted molar refractivity (Wildman–Crippen MR) is 65.9 cm³/mol. The van der Waals surface area contributed by atoms with Crippen LogP contribution in [0.4, 0.5) is 5.69 Å². The van der Waals surface area contributed by atoms with Crippen LogP contribution in [0.1, 0.15) is 0 Å². The van der Waals surface area contributed by atoms with Crippen molar-refractivity contribution in [1.29, 1.82) is 0 Å². The number of likely N-dealkylation sites (N-methyl/N-ethyl adjacent to an activating group) is 1. The van der Waals surface area contributed by atoms with Crippen molar-refractivity contribution >= 4 is 15.5 Å². The Kier molecular flexibility index (Phi) is 4.50. The summed E-state index contributed by atoms with van der Waals surface area (Å²) in [6.45, 7) is -0.332. The lowest BCUT2D eigenvalue weighted by atomic mass is 10.2. The zero-order valence-corrected chi connectivity index (χ0v) is 10.7. The molecule has 0 aliphatic carbocycles. The van der Waals surface area contributed by atoms with Gasteiger partial charge in [0.25, 0.3) is 0 Å². The van der Waals surface area contributed by atoms with E-state index in [1.165, 1.54) is 12.1 Å². The summed E-state index contributed by atoms with van der Waals surface area (Å²) < 4.78 is 22.5. The van der Waals surface area contributed by atoms with Crippen LogP contribution >= 0.6 is 0 Å². The fourth-order valence-electron chi connectivity index (χ4n) is 1.44. The molecule has 0 unspecified atom stereocenters. The van der Waals surface area contributed by atoms with Crippen LogP contribution in [0.5, 0.6) is 0 Å². The zero-order valence-electron chi connectivity index (χ0n) is 9.87. The van der Waals surface area contributed by atoms with Gasteiger partial charge in [-0.05, 0) is 24.3 Å². The van der Waals surface area contributed by atoms with Crippen LogP contribution in [0.25, 0.3) is 0 Å². The Hall–Kier alpha value is -1.11. The first-order valence-corrected chi connectivity index (χ1v) is 7.04. The Morgan fingerprint density at radius 2 is 1.65 bits per heavy atom. The van der Waals surface area contributed by atoms with Crippen LogP contribution in [-0.4, -0.2) is 51.2 Å². The molecule has 0 heterocycles. The van der Waals surface area contributed by atoms with Crippen LogP contribution in [0, 0.1) is 0 Å². The van der Waals surface area contributed by atoms with Crippen LogP contribution in [0.3, 0.4) is 0 Å². The standard InChI is InChI=1S/C11H17NO4S/c1-12(10(7-13)8-14)9-3-5-11(6-4-9)17(2,15)16/h3-6,10,13-14H,7-8H2,1-2H3. The smallest absolute Gasteiger partial charge is 0.175 e. The average molecular weight is 259 g/mol. The molecule has 6 heteroatoms. The minimum atomic E-state index is -3.19. The number of aliphatic hydroxyl groups is 2. The van der Waals surface area contributed by atoms with Gasteiger partial charge in [-0.2, -0.15) is 0 Å². The number of aliphatic hydroxyl groups excluding tert-OH is 2. The van der Waals surface area contributed by atoms with Crippen LogP contribution < -0.4 is 4.90 Å². The fraction of sp³-hybridized carbons (Fsp3) is 0.455. The zero-order chi connectivity index (χ0) is 13.1. The number of hydrogen-bond acceptors (Lipinski definition) is 5. The highest BCUT2D eigenvalue weighted by Gasteiger charge is 2.14. The molecule has 96 valence electrons. The first kappa shape index (κ1) is 14.0. The van der Waals surface area contributed by atoms with E-state index in [1.54, 1.807) is 24.1 Å². The highest BCUT2D eigenvalue weighted by atomic mass is 32.2. The van der Waals surface area contributed by atoms with E-state index in [2.05, 4.69) is 0 Å². The number of rotatable bonds is 5. The highest BCUT2D eigenvalue weighted by Crippen LogP contribution is 2.18. The third-order valence-corrected chi connectivity index (χ3v) is 3.77. The van der Waals surface area contributed by atoms with Gasteiger partial charge in [0.2, 0.25) is 0 Å². The number of nitrogens with zero attached hydrogens (tertiary/aromatic N) is 1. The van der Waals surface area contributed by atoms with E-state index in [9.17, 15) is 8.42 Å². The van der Waals surface area contributed by atoms with E-state index in [4.69, 9.17) is 10.2 Å². The molecule has 0 aliphatic rings. The molecule has 1 rings (SSSR count). The maximum atomic E-state index is 11.3. The number of hydrogen-bond donors (Lipinski definition) is 2. The van der Waals surface area contributed by atoms with Gasteiger partial charge < -0.3 is 15.1 Å². The van der Waals surface area contributed by atoms with Gasteiger partial charge in [0.05, 0.1) is 24.2 Å². The third kappa shape index (κ3) is 3.42. The largest absolute Gasteiger partial charge is 0.394 e. The topological polar surface area (TPSA) is 77.8 Å². The summed E-state index contributed by atoms with van der Waals surface area (Å²) in [6, 6.07) is 5.92. The predicted octanol–water partition coefficient (Wildman–Crippen LogP) is -0.120. The summed E-state index contributed by atoms with van der Waals surface area (Å²) in [6.07, 6.45) is 1.15. The van der Waals surface area contributed by atoms with E-state index in [-0.39, 0.29) is 24.2 Å². The summed E-state index contributed by atoms with van der Waals surface area (Å²) in [7, 11) is -1.47. The lowest BCUT2D eigenvalue weighted by Crippen LogP contribution is -2.37. The molecule has 0 atom stereocenters. The number of sulfone groups is 1. The molecule has 0 aromatic heterocycles. The summed E-state index contributed by atoms with van der Waals surface area (Å²) in [5.74, 6) is 0. The Balaban J connectivity index is 2.95. The van der Waals surface area contributed by atoms with E-state index < -0.39 is 9.84 Å². The molecule has 0 spiro atoms. The number of anilines is 1. The SMILES string of the molecule is CN(c1ccc(S(C)(=O)=O)cc1)C(CO)CO. The molecule has 0 amide bonds. The summed E-state index contributed by atoms with van der Waals surface area (Å²) in [5, 5.41) is 18.1. The quantitative estimate of drug-likeness (QED) is 0.771. The third-order valence-electron chi connectivity index (χ3n) is 2.64. The Labute approximate surface area is 101 Å². The molecule has 1 aromatic carbocycles. The number of benzene rings is 1. The molecule has 0 bridgehead atoms. The van der Waals surface area contributed by atoms with Gasteiger partial charge in [-0.15, -0.1) is 0 Å². The first-order chi connectivity index (χ1) is 7.90. The lowest BCUT2D eigenvalue weighted by molar-refractivity contribution is 0.191. The summed E-state index contributed by atoms with van der Waals surface area (Å²) >= 11 is 0. The summed E-state index contributed by atoms with van der Waals surface area (Å²) in [4.78, 5) is 1.95. The maximum absolute atomic E-state index is 11.3. The second kappa shape index (κ2) is 5.48. The van der Waals surface area contributed by atoms with Crippen molar-refractivity contribution in [3.05, 3.63) is 24.3 Å². The molecule has 17 heavy (non-hydrogen) atoms. The van der Waals surface area contributed by atoms with Gasteiger partial charge in [0, 0.05) is 19.0 Å². The van der Waals surface area contributed by atoms with Crippen molar-refractivity contribution in [1.82, 2.24) is 0 Å². The molecule has 0 fully saturated rings. The minimum absolute atomic E-state index is 0.166. The molecule has 1 aromatic rings.